The molecule has 0 saturated heterocycles. The molecule has 1 aromatic carbocycles. The molecule has 1 rings (SSSR count). The zero-order chi connectivity index (χ0) is 13.8. The van der Waals surface area contributed by atoms with Crippen LogP contribution in [0.2, 0.25) is 0 Å². The van der Waals surface area contributed by atoms with E-state index >= 15 is 0 Å². The van der Waals surface area contributed by atoms with Gasteiger partial charge in [0.15, 0.2) is 11.5 Å². The second-order valence-electron chi connectivity index (χ2n) is 3.96. The number of esters is 1. The van der Waals surface area contributed by atoms with E-state index in [1.54, 1.807) is 13.0 Å². The summed E-state index contributed by atoms with van der Waals surface area (Å²) in [5.41, 5.74) is 5.16. The summed E-state index contributed by atoms with van der Waals surface area (Å²) in [6, 6.07) is 4.25. The van der Waals surface area contributed by atoms with E-state index in [0.29, 0.717) is 5.56 Å². The van der Waals surface area contributed by atoms with Gasteiger partial charge in [-0.25, -0.2) is 4.79 Å². The Balaban J connectivity index is 0.00000324. The number of phenols is 2. The van der Waals surface area contributed by atoms with Crippen LogP contribution in [0.4, 0.5) is 0 Å². The molecular weight excluding hydrogens is 270 g/mol. The maximum absolute atomic E-state index is 11.7. The Morgan fingerprint density at radius 2 is 2.11 bits per heavy atom. The Labute approximate surface area is 118 Å². The molecule has 1 aromatic rings. The van der Waals surface area contributed by atoms with Gasteiger partial charge in [0, 0.05) is 6.42 Å². The van der Waals surface area contributed by atoms with Gasteiger partial charge in [0.25, 0.3) is 0 Å². The first-order chi connectivity index (χ1) is 8.42. The Morgan fingerprint density at radius 1 is 1.47 bits per heavy atom. The predicted molar refractivity (Wildman–Crippen MR) is 74.5 cm³/mol. The minimum Gasteiger partial charge on any atom is -0.504 e. The summed E-state index contributed by atoms with van der Waals surface area (Å²) < 4.78 is 4.88. The summed E-state index contributed by atoms with van der Waals surface area (Å²) in [6.07, 6.45) is 1.44. The van der Waals surface area contributed by atoms with Crippen LogP contribution in [-0.4, -0.2) is 28.3 Å². The fourth-order valence-electron chi connectivity index (χ4n) is 1.51. The van der Waals surface area contributed by atoms with Crippen LogP contribution in [0.1, 0.15) is 12.5 Å². The van der Waals surface area contributed by atoms with Crippen LogP contribution in [-0.2, 0) is 16.0 Å². The van der Waals surface area contributed by atoms with E-state index in [9.17, 15) is 15.0 Å². The summed E-state index contributed by atoms with van der Waals surface area (Å²) in [4.78, 5) is 11.7. The first-order valence-corrected chi connectivity index (χ1v) is 5.53. The molecule has 0 amide bonds. The molecule has 0 spiro atoms. The second-order valence-corrected chi connectivity index (χ2v) is 3.96. The zero-order valence-corrected chi connectivity index (χ0v) is 11.4. The van der Waals surface area contributed by atoms with Crippen molar-refractivity contribution in [2.24, 2.45) is 5.73 Å². The van der Waals surface area contributed by atoms with Gasteiger partial charge in [-0.1, -0.05) is 12.1 Å². The van der Waals surface area contributed by atoms with Crippen molar-refractivity contribution in [1.82, 2.24) is 0 Å². The Bertz CT molecular complexity index is 464. The fraction of sp³-hybridized carbons (Fsp3) is 0.308. The number of halogens is 1. The molecule has 5 nitrogen and oxygen atoms in total. The van der Waals surface area contributed by atoms with Crippen LogP contribution < -0.4 is 5.73 Å². The summed E-state index contributed by atoms with van der Waals surface area (Å²) >= 11 is 0. The van der Waals surface area contributed by atoms with E-state index in [1.165, 1.54) is 18.2 Å². The van der Waals surface area contributed by atoms with E-state index < -0.39 is 11.5 Å². The van der Waals surface area contributed by atoms with Gasteiger partial charge in [0.1, 0.15) is 5.54 Å². The normalized spacial score (nSPS) is 12.9. The summed E-state index contributed by atoms with van der Waals surface area (Å²) in [5, 5.41) is 18.6. The molecule has 0 aliphatic carbocycles. The van der Waals surface area contributed by atoms with E-state index in [1.807, 2.05) is 0 Å². The highest BCUT2D eigenvalue weighted by Crippen LogP contribution is 2.26. The third-order valence-electron chi connectivity index (χ3n) is 2.56. The van der Waals surface area contributed by atoms with Crippen LogP contribution in [0.25, 0.3) is 0 Å². The lowest BCUT2D eigenvalue weighted by Gasteiger charge is -2.23. The SMILES string of the molecule is C=CC(N)(Cc1ccc(O)c(O)c1)C(=O)OCC.Cl. The third kappa shape index (κ3) is 4.15. The summed E-state index contributed by atoms with van der Waals surface area (Å²) in [7, 11) is 0. The number of nitrogens with two attached hydrogens (primary N) is 1. The van der Waals surface area contributed by atoms with Crippen LogP contribution in [0.3, 0.4) is 0 Å². The smallest absolute Gasteiger partial charge is 0.330 e. The lowest BCUT2D eigenvalue weighted by Crippen LogP contribution is -2.49. The number of hydrogen-bond acceptors (Lipinski definition) is 5. The lowest BCUT2D eigenvalue weighted by molar-refractivity contribution is -0.147. The number of aromatic hydroxyl groups is 2. The molecule has 0 aliphatic heterocycles. The minimum absolute atomic E-state index is 0. The van der Waals surface area contributed by atoms with E-state index in [0.717, 1.165) is 0 Å². The quantitative estimate of drug-likeness (QED) is 0.434. The van der Waals surface area contributed by atoms with Crippen molar-refractivity contribution in [2.75, 3.05) is 6.61 Å². The first-order valence-electron chi connectivity index (χ1n) is 5.53. The van der Waals surface area contributed by atoms with Gasteiger partial charge in [-0.15, -0.1) is 19.0 Å². The van der Waals surface area contributed by atoms with Crippen molar-refractivity contribution in [1.29, 1.82) is 0 Å². The van der Waals surface area contributed by atoms with E-state index in [2.05, 4.69) is 6.58 Å². The molecular formula is C13H18ClNO4. The van der Waals surface area contributed by atoms with Crippen molar-refractivity contribution in [2.45, 2.75) is 18.9 Å². The maximum atomic E-state index is 11.7. The average Bonchev–Trinajstić information content (AvgIpc) is 2.34. The molecule has 6 heteroatoms. The van der Waals surface area contributed by atoms with E-state index in [4.69, 9.17) is 10.5 Å². The Morgan fingerprint density at radius 3 is 2.58 bits per heavy atom. The highest BCUT2D eigenvalue weighted by molar-refractivity contribution is 5.85. The number of phenolic OH excluding ortho intramolecular Hbond substituents is 2. The van der Waals surface area contributed by atoms with Crippen molar-refractivity contribution in [3.8, 4) is 11.5 Å². The zero-order valence-electron chi connectivity index (χ0n) is 10.6. The third-order valence-corrected chi connectivity index (χ3v) is 2.56. The van der Waals surface area contributed by atoms with Crippen LogP contribution in [0.15, 0.2) is 30.9 Å². The molecule has 0 aromatic heterocycles. The Kier molecular flexibility index (Phi) is 6.38. The van der Waals surface area contributed by atoms with Gasteiger partial charge in [-0.05, 0) is 24.6 Å². The van der Waals surface area contributed by atoms with Gasteiger partial charge in [0.05, 0.1) is 6.61 Å². The molecule has 0 radical (unpaired) electrons. The largest absolute Gasteiger partial charge is 0.504 e. The van der Waals surface area contributed by atoms with Gasteiger partial charge in [0.2, 0.25) is 0 Å². The minimum atomic E-state index is -1.35. The molecule has 0 aliphatic rings. The van der Waals surface area contributed by atoms with Crippen molar-refractivity contribution >= 4 is 18.4 Å². The summed E-state index contributed by atoms with van der Waals surface area (Å²) in [5.74, 6) is -1.06. The molecule has 0 saturated carbocycles. The van der Waals surface area contributed by atoms with Gasteiger partial charge < -0.3 is 20.7 Å². The molecule has 1 atom stereocenters. The van der Waals surface area contributed by atoms with Gasteiger partial charge in [-0.3, -0.25) is 0 Å². The lowest BCUT2D eigenvalue weighted by atomic mass is 9.92. The standard InChI is InChI=1S/C13H17NO4.ClH/c1-3-13(14,12(17)18-4-2)8-9-5-6-10(15)11(16)7-9;/h3,5-7,15-16H,1,4,8,14H2,2H3;1H. The fourth-order valence-corrected chi connectivity index (χ4v) is 1.51. The van der Waals surface area contributed by atoms with Crippen molar-refractivity contribution in [3.05, 3.63) is 36.4 Å². The number of benzene rings is 1. The monoisotopic (exact) mass is 287 g/mol. The number of ether oxygens (including phenoxy) is 1. The molecule has 0 fully saturated rings. The van der Waals surface area contributed by atoms with Crippen LogP contribution >= 0.6 is 12.4 Å². The maximum Gasteiger partial charge on any atom is 0.330 e. The average molecular weight is 288 g/mol. The molecule has 0 heterocycles. The topological polar surface area (TPSA) is 92.8 Å². The predicted octanol–water partition coefficient (Wildman–Crippen LogP) is 1.51. The highest BCUT2D eigenvalue weighted by atomic mass is 35.5. The number of rotatable bonds is 5. The molecule has 19 heavy (non-hydrogen) atoms. The van der Waals surface area contributed by atoms with Crippen molar-refractivity contribution < 1.29 is 19.7 Å². The van der Waals surface area contributed by atoms with Crippen molar-refractivity contribution in [3.63, 3.8) is 0 Å². The molecule has 1 unspecified atom stereocenters. The van der Waals surface area contributed by atoms with E-state index in [-0.39, 0.29) is 36.9 Å². The highest BCUT2D eigenvalue weighted by Gasteiger charge is 2.32. The molecule has 0 bridgehead atoms. The number of carbonyl (C=O) groups is 1. The van der Waals surface area contributed by atoms with Crippen LogP contribution in [0, 0.1) is 0 Å². The number of carbonyl (C=O) groups excluding carboxylic acids is 1. The van der Waals surface area contributed by atoms with Gasteiger partial charge >= 0.3 is 5.97 Å². The summed E-state index contributed by atoms with van der Waals surface area (Å²) in [6.45, 7) is 5.45. The first kappa shape index (κ1) is 17.3. The van der Waals surface area contributed by atoms with Gasteiger partial charge in [-0.2, -0.15) is 0 Å². The second kappa shape index (κ2) is 7.01. The number of hydrogen-bond donors (Lipinski definition) is 3. The molecule has 4 N–H and O–H groups in total. The Hall–Kier alpha value is -1.72. The molecule has 106 valence electrons. The van der Waals surface area contributed by atoms with Crippen LogP contribution in [0.5, 0.6) is 11.5 Å².